The van der Waals surface area contributed by atoms with Gasteiger partial charge in [0.15, 0.2) is 11.0 Å². The number of nitrogens with zero attached hydrogens (tertiary/aromatic N) is 5. The first-order chi connectivity index (χ1) is 14.1. The van der Waals surface area contributed by atoms with Crippen LogP contribution in [-0.2, 0) is 11.2 Å². The van der Waals surface area contributed by atoms with Crippen LogP contribution in [0.1, 0.15) is 31.2 Å². The summed E-state index contributed by atoms with van der Waals surface area (Å²) in [7, 11) is 0. The first-order valence-corrected chi connectivity index (χ1v) is 10.0. The summed E-state index contributed by atoms with van der Waals surface area (Å²) in [6.45, 7) is 1.96. The van der Waals surface area contributed by atoms with Crippen molar-refractivity contribution in [3.05, 3.63) is 41.9 Å². The number of amides is 1. The van der Waals surface area contributed by atoms with Crippen molar-refractivity contribution < 1.29 is 4.79 Å². The Labute approximate surface area is 171 Å². The molecule has 2 heterocycles. The van der Waals surface area contributed by atoms with Gasteiger partial charge in [0.1, 0.15) is 17.5 Å². The van der Waals surface area contributed by atoms with Crippen LogP contribution in [0.5, 0.6) is 0 Å². The molecule has 2 aromatic heterocycles. The zero-order valence-electron chi connectivity index (χ0n) is 15.6. The lowest BCUT2D eigenvalue weighted by Crippen LogP contribution is -2.12. The summed E-state index contributed by atoms with van der Waals surface area (Å²) in [4.78, 5) is 26.0. The van der Waals surface area contributed by atoms with Crippen molar-refractivity contribution in [3.8, 4) is 6.07 Å². The largest absolute Gasteiger partial charge is 0.326 e. The Hall–Kier alpha value is -3.45. The van der Waals surface area contributed by atoms with Crippen molar-refractivity contribution in [3.63, 3.8) is 0 Å². The molecule has 9 nitrogen and oxygen atoms in total. The monoisotopic (exact) mass is 406 g/mol. The van der Waals surface area contributed by atoms with Crippen molar-refractivity contribution in [1.29, 1.82) is 5.26 Å². The molecule has 1 aromatic carbocycles. The van der Waals surface area contributed by atoms with Gasteiger partial charge in [-0.05, 0) is 48.9 Å². The highest BCUT2D eigenvalue weighted by Gasteiger charge is 2.29. The third-order valence-electron chi connectivity index (χ3n) is 4.25. The number of anilines is 3. The van der Waals surface area contributed by atoms with Crippen LogP contribution in [0.3, 0.4) is 0 Å². The van der Waals surface area contributed by atoms with Gasteiger partial charge in [-0.1, -0.05) is 6.92 Å². The number of aromatic nitrogens is 5. The van der Waals surface area contributed by atoms with E-state index in [0.717, 1.165) is 23.4 Å². The number of hydrogen-bond acceptors (Lipinski definition) is 8. The normalized spacial score (nSPS) is 13.0. The van der Waals surface area contributed by atoms with E-state index in [0.29, 0.717) is 34.7 Å². The summed E-state index contributed by atoms with van der Waals surface area (Å²) in [6.07, 6.45) is 4.10. The maximum absolute atomic E-state index is 11.9. The summed E-state index contributed by atoms with van der Waals surface area (Å²) >= 11 is 1.39. The second kappa shape index (κ2) is 8.28. The predicted molar refractivity (Wildman–Crippen MR) is 108 cm³/mol. The van der Waals surface area contributed by atoms with Crippen LogP contribution in [0.4, 0.5) is 17.5 Å². The molecule has 0 saturated heterocycles. The van der Waals surface area contributed by atoms with Crippen LogP contribution in [0.15, 0.2) is 40.5 Å². The fourth-order valence-corrected chi connectivity index (χ4v) is 3.30. The fourth-order valence-electron chi connectivity index (χ4n) is 2.54. The van der Waals surface area contributed by atoms with E-state index < -0.39 is 0 Å². The van der Waals surface area contributed by atoms with Gasteiger partial charge < -0.3 is 10.6 Å². The van der Waals surface area contributed by atoms with Gasteiger partial charge in [-0.15, -0.1) is 0 Å². The molecule has 10 heteroatoms. The van der Waals surface area contributed by atoms with E-state index in [9.17, 15) is 4.79 Å². The van der Waals surface area contributed by atoms with Crippen LogP contribution in [0.2, 0.25) is 0 Å². The molecule has 0 bridgehead atoms. The summed E-state index contributed by atoms with van der Waals surface area (Å²) < 4.78 is 0. The van der Waals surface area contributed by atoms with Gasteiger partial charge in [0.05, 0.1) is 0 Å². The van der Waals surface area contributed by atoms with Crippen molar-refractivity contribution in [2.24, 2.45) is 5.92 Å². The third-order valence-corrected chi connectivity index (χ3v) is 5.12. The highest BCUT2D eigenvalue weighted by atomic mass is 32.2. The van der Waals surface area contributed by atoms with Gasteiger partial charge in [-0.2, -0.15) is 20.3 Å². The standard InChI is InChI=1S/C19H18N8OS/c1-2-15-23-18(25-16-12(9-20)10-21-27-16)26-19(24-15)29-14-7-5-13(6-8-14)22-17(28)11-3-4-11/h5-8,10-11H,2-4H2,1H3,(H,22,28)(H2,21,23,24,25,26,27). The van der Waals surface area contributed by atoms with E-state index in [2.05, 4.69) is 35.8 Å². The average Bonchev–Trinajstić information content (AvgIpc) is 3.49. The minimum Gasteiger partial charge on any atom is -0.326 e. The molecule has 0 radical (unpaired) electrons. The summed E-state index contributed by atoms with van der Waals surface area (Å²) in [5.41, 5.74) is 1.16. The predicted octanol–water partition coefficient (Wildman–Crippen LogP) is 3.27. The summed E-state index contributed by atoms with van der Waals surface area (Å²) in [5, 5.41) is 22.2. The number of carbonyl (C=O) groups is 1. The number of carbonyl (C=O) groups excluding carboxylic acids is 1. The maximum Gasteiger partial charge on any atom is 0.232 e. The Morgan fingerprint density at radius 1 is 1.28 bits per heavy atom. The molecule has 0 spiro atoms. The Morgan fingerprint density at radius 3 is 2.76 bits per heavy atom. The van der Waals surface area contributed by atoms with Crippen LogP contribution in [0, 0.1) is 17.2 Å². The molecule has 29 heavy (non-hydrogen) atoms. The summed E-state index contributed by atoms with van der Waals surface area (Å²) in [6, 6.07) is 9.61. The number of H-pyrrole nitrogens is 1. The van der Waals surface area contributed by atoms with Crippen molar-refractivity contribution in [1.82, 2.24) is 25.1 Å². The minimum atomic E-state index is 0.0845. The van der Waals surface area contributed by atoms with E-state index >= 15 is 0 Å². The lowest BCUT2D eigenvalue weighted by Gasteiger charge is -2.08. The molecule has 1 aliphatic rings. The zero-order chi connectivity index (χ0) is 20.2. The smallest absolute Gasteiger partial charge is 0.232 e. The van der Waals surface area contributed by atoms with E-state index in [1.807, 2.05) is 37.3 Å². The first kappa shape index (κ1) is 18.9. The lowest BCUT2D eigenvalue weighted by molar-refractivity contribution is -0.117. The molecular formula is C19H18N8OS. The van der Waals surface area contributed by atoms with Gasteiger partial charge in [-0.3, -0.25) is 9.89 Å². The molecule has 4 rings (SSSR count). The lowest BCUT2D eigenvalue weighted by atomic mass is 10.3. The van der Waals surface area contributed by atoms with Crippen LogP contribution >= 0.6 is 11.8 Å². The molecule has 1 saturated carbocycles. The second-order valence-electron chi connectivity index (χ2n) is 6.49. The Kier molecular flexibility index (Phi) is 5.39. The van der Waals surface area contributed by atoms with Crippen LogP contribution in [-0.4, -0.2) is 31.1 Å². The van der Waals surface area contributed by atoms with E-state index in [1.165, 1.54) is 18.0 Å². The highest BCUT2D eigenvalue weighted by Crippen LogP contribution is 2.31. The SMILES string of the molecule is CCc1nc(Nc2n[nH]cc2C#N)nc(Sc2ccc(NC(=O)C3CC3)cc2)n1. The summed E-state index contributed by atoms with van der Waals surface area (Å²) in [5.74, 6) is 1.58. The van der Waals surface area contributed by atoms with Crippen molar-refractivity contribution in [2.75, 3.05) is 10.6 Å². The van der Waals surface area contributed by atoms with E-state index in [1.54, 1.807) is 0 Å². The molecule has 146 valence electrons. The minimum absolute atomic E-state index is 0.0845. The number of benzene rings is 1. The topological polar surface area (TPSA) is 132 Å². The van der Waals surface area contributed by atoms with Crippen molar-refractivity contribution >= 4 is 35.1 Å². The van der Waals surface area contributed by atoms with Crippen LogP contribution in [0.25, 0.3) is 0 Å². The molecule has 0 aliphatic heterocycles. The van der Waals surface area contributed by atoms with Gasteiger partial charge in [-0.25, -0.2) is 4.98 Å². The number of aromatic amines is 1. The fraction of sp³-hybridized carbons (Fsp3) is 0.263. The van der Waals surface area contributed by atoms with Gasteiger partial charge >= 0.3 is 0 Å². The number of nitrogens with one attached hydrogen (secondary N) is 3. The van der Waals surface area contributed by atoms with Gasteiger partial charge in [0.2, 0.25) is 11.9 Å². The van der Waals surface area contributed by atoms with Crippen molar-refractivity contribution in [2.45, 2.75) is 36.2 Å². The Bertz CT molecular complexity index is 1070. The molecule has 0 unspecified atom stereocenters. The second-order valence-corrected chi connectivity index (χ2v) is 7.53. The molecular weight excluding hydrogens is 388 g/mol. The number of hydrogen-bond donors (Lipinski definition) is 3. The molecule has 3 N–H and O–H groups in total. The molecule has 0 atom stereocenters. The Morgan fingerprint density at radius 2 is 2.07 bits per heavy atom. The van der Waals surface area contributed by atoms with E-state index in [-0.39, 0.29) is 11.8 Å². The maximum atomic E-state index is 11.9. The molecule has 1 aliphatic carbocycles. The van der Waals surface area contributed by atoms with Crippen LogP contribution < -0.4 is 10.6 Å². The number of aryl methyl sites for hydroxylation is 1. The molecule has 1 amide bonds. The average molecular weight is 406 g/mol. The third kappa shape index (κ3) is 4.70. The molecule has 1 fully saturated rings. The quantitative estimate of drug-likeness (QED) is 0.544. The van der Waals surface area contributed by atoms with Gasteiger partial charge in [0.25, 0.3) is 0 Å². The first-order valence-electron chi connectivity index (χ1n) is 9.19. The zero-order valence-corrected chi connectivity index (χ0v) is 16.5. The highest BCUT2D eigenvalue weighted by molar-refractivity contribution is 7.99. The van der Waals surface area contributed by atoms with Gasteiger partial charge in [0, 0.05) is 29.1 Å². The number of rotatable bonds is 7. The van der Waals surface area contributed by atoms with E-state index in [4.69, 9.17) is 5.26 Å². The number of nitriles is 1. The Balaban J connectivity index is 1.49. The molecule has 3 aromatic rings.